The van der Waals surface area contributed by atoms with Gasteiger partial charge in [-0.2, -0.15) is 5.10 Å². The van der Waals surface area contributed by atoms with E-state index in [0.29, 0.717) is 5.92 Å². The molecule has 0 radical (unpaired) electrons. The van der Waals surface area contributed by atoms with Crippen molar-refractivity contribution >= 4 is 5.96 Å². The topological polar surface area (TPSA) is 45.5 Å². The molecule has 1 aromatic heterocycles. The van der Waals surface area contributed by atoms with E-state index < -0.39 is 0 Å². The van der Waals surface area contributed by atoms with Gasteiger partial charge in [0.1, 0.15) is 0 Å². The highest BCUT2D eigenvalue weighted by molar-refractivity contribution is 5.80. The van der Waals surface area contributed by atoms with Crippen LogP contribution >= 0.6 is 0 Å². The number of aromatic nitrogens is 2. The molecule has 134 valence electrons. The molecule has 0 amide bonds. The first-order chi connectivity index (χ1) is 12.2. The molecule has 1 fully saturated rings. The van der Waals surface area contributed by atoms with Gasteiger partial charge in [0.05, 0.1) is 6.20 Å². The maximum Gasteiger partial charge on any atom is 0.193 e. The molecule has 0 saturated carbocycles. The normalized spacial score (nSPS) is 18.0. The van der Waals surface area contributed by atoms with Crippen molar-refractivity contribution in [1.29, 1.82) is 0 Å². The first kappa shape index (κ1) is 17.5. The van der Waals surface area contributed by atoms with Crippen molar-refractivity contribution in [3.8, 4) is 0 Å². The van der Waals surface area contributed by atoms with Crippen LogP contribution < -0.4 is 5.32 Å². The number of rotatable bonds is 5. The molecule has 5 nitrogen and oxygen atoms in total. The molecule has 1 N–H and O–H groups in total. The number of likely N-dealkylation sites (tertiary alicyclic amines) is 1. The molecule has 3 rings (SSSR count). The van der Waals surface area contributed by atoms with E-state index >= 15 is 0 Å². The molecule has 1 aliphatic heterocycles. The number of benzene rings is 1. The first-order valence-electron chi connectivity index (χ1n) is 9.21. The molecule has 1 aromatic carbocycles. The standard InChI is InChI=1S/C20H29N5/c1-4-16-5-7-17(8-6-16)9-11-22-20(21-2)25-12-10-18(15-25)19-13-23-24(3)14-19/h5-8,13-14,18H,4,9-12,15H2,1-3H3,(H,21,22). The summed E-state index contributed by atoms with van der Waals surface area (Å²) in [6.45, 7) is 5.16. The predicted molar refractivity (Wildman–Crippen MR) is 103 cm³/mol. The summed E-state index contributed by atoms with van der Waals surface area (Å²) in [7, 11) is 3.85. The SMILES string of the molecule is CCc1ccc(CCNC(=NC)N2CCC(c3cnn(C)c3)C2)cc1. The summed E-state index contributed by atoms with van der Waals surface area (Å²) < 4.78 is 1.88. The van der Waals surface area contributed by atoms with Crippen LogP contribution in [0, 0.1) is 0 Å². The van der Waals surface area contributed by atoms with E-state index in [4.69, 9.17) is 0 Å². The van der Waals surface area contributed by atoms with Crippen LogP contribution in [0.4, 0.5) is 0 Å². The third kappa shape index (κ3) is 4.41. The Morgan fingerprint density at radius 2 is 2.04 bits per heavy atom. The number of nitrogens with one attached hydrogen (secondary N) is 1. The summed E-state index contributed by atoms with van der Waals surface area (Å²) >= 11 is 0. The Morgan fingerprint density at radius 3 is 2.68 bits per heavy atom. The van der Waals surface area contributed by atoms with Gasteiger partial charge < -0.3 is 10.2 Å². The average molecular weight is 339 g/mol. The van der Waals surface area contributed by atoms with Crippen molar-refractivity contribution < 1.29 is 0 Å². The highest BCUT2D eigenvalue weighted by atomic mass is 15.3. The van der Waals surface area contributed by atoms with Gasteiger partial charge in [-0.25, -0.2) is 0 Å². The minimum absolute atomic E-state index is 0.550. The van der Waals surface area contributed by atoms with E-state index in [1.54, 1.807) is 0 Å². The van der Waals surface area contributed by atoms with E-state index in [2.05, 4.69) is 57.7 Å². The van der Waals surface area contributed by atoms with Crippen molar-refractivity contribution in [2.75, 3.05) is 26.7 Å². The lowest BCUT2D eigenvalue weighted by molar-refractivity contribution is 0.486. The van der Waals surface area contributed by atoms with E-state index in [0.717, 1.165) is 44.9 Å². The molecule has 0 bridgehead atoms. The summed E-state index contributed by atoms with van der Waals surface area (Å²) in [6.07, 6.45) is 7.39. The van der Waals surface area contributed by atoms with Crippen molar-refractivity contribution in [3.63, 3.8) is 0 Å². The zero-order valence-electron chi connectivity index (χ0n) is 15.6. The summed E-state index contributed by atoms with van der Waals surface area (Å²) in [6, 6.07) is 8.92. The van der Waals surface area contributed by atoms with Crippen LogP contribution in [0.3, 0.4) is 0 Å². The zero-order chi connectivity index (χ0) is 17.6. The van der Waals surface area contributed by atoms with E-state index in [1.165, 1.54) is 16.7 Å². The maximum atomic E-state index is 4.47. The first-order valence-corrected chi connectivity index (χ1v) is 9.21. The Hall–Kier alpha value is -2.30. The Balaban J connectivity index is 1.49. The van der Waals surface area contributed by atoms with Crippen LogP contribution in [0.25, 0.3) is 0 Å². The minimum Gasteiger partial charge on any atom is -0.356 e. The highest BCUT2D eigenvalue weighted by Gasteiger charge is 2.26. The van der Waals surface area contributed by atoms with Gasteiger partial charge in [0.15, 0.2) is 5.96 Å². The molecular weight excluding hydrogens is 310 g/mol. The number of aliphatic imine (C=N–C) groups is 1. The van der Waals surface area contributed by atoms with Gasteiger partial charge in [0, 0.05) is 45.8 Å². The van der Waals surface area contributed by atoms with Crippen LogP contribution in [0.2, 0.25) is 0 Å². The van der Waals surface area contributed by atoms with Crippen molar-refractivity contribution in [1.82, 2.24) is 20.0 Å². The van der Waals surface area contributed by atoms with Crippen LogP contribution in [0.15, 0.2) is 41.7 Å². The van der Waals surface area contributed by atoms with Gasteiger partial charge in [0.25, 0.3) is 0 Å². The monoisotopic (exact) mass is 339 g/mol. The van der Waals surface area contributed by atoms with Gasteiger partial charge in [0.2, 0.25) is 0 Å². The van der Waals surface area contributed by atoms with E-state index in [9.17, 15) is 0 Å². The Kier molecular flexibility index (Phi) is 5.74. The molecule has 5 heteroatoms. The lowest BCUT2D eigenvalue weighted by Gasteiger charge is -2.21. The van der Waals surface area contributed by atoms with Crippen LogP contribution in [0.1, 0.15) is 36.0 Å². The Labute approximate surface area is 150 Å². The Morgan fingerprint density at radius 1 is 1.28 bits per heavy atom. The van der Waals surface area contributed by atoms with Gasteiger partial charge in [-0.05, 0) is 36.0 Å². The van der Waals surface area contributed by atoms with Gasteiger partial charge >= 0.3 is 0 Å². The van der Waals surface area contributed by atoms with Crippen LogP contribution in [0.5, 0.6) is 0 Å². The van der Waals surface area contributed by atoms with Crippen molar-refractivity contribution in [2.24, 2.45) is 12.0 Å². The third-order valence-electron chi connectivity index (χ3n) is 5.02. The lowest BCUT2D eigenvalue weighted by atomic mass is 10.0. The fraction of sp³-hybridized carbons (Fsp3) is 0.500. The number of hydrogen-bond donors (Lipinski definition) is 1. The summed E-state index contributed by atoms with van der Waals surface area (Å²) in [4.78, 5) is 6.83. The average Bonchev–Trinajstić information content (AvgIpc) is 3.28. The van der Waals surface area contributed by atoms with E-state index in [1.807, 2.05) is 25.0 Å². The second-order valence-corrected chi connectivity index (χ2v) is 6.77. The number of nitrogens with zero attached hydrogens (tertiary/aromatic N) is 4. The molecule has 1 aliphatic rings. The van der Waals surface area contributed by atoms with E-state index in [-0.39, 0.29) is 0 Å². The molecule has 1 atom stereocenters. The minimum atomic E-state index is 0.550. The summed E-state index contributed by atoms with van der Waals surface area (Å²) in [5, 5.41) is 7.82. The number of hydrogen-bond acceptors (Lipinski definition) is 2. The van der Waals surface area contributed by atoms with Crippen molar-refractivity contribution in [3.05, 3.63) is 53.3 Å². The quantitative estimate of drug-likeness (QED) is 0.673. The number of guanidine groups is 1. The summed E-state index contributed by atoms with van der Waals surface area (Å²) in [5.41, 5.74) is 4.09. The molecule has 1 saturated heterocycles. The molecule has 1 unspecified atom stereocenters. The third-order valence-corrected chi connectivity index (χ3v) is 5.02. The van der Waals surface area contributed by atoms with Crippen LogP contribution in [-0.2, 0) is 19.9 Å². The lowest BCUT2D eigenvalue weighted by Crippen LogP contribution is -2.40. The maximum absolute atomic E-state index is 4.47. The molecule has 2 aromatic rings. The number of aryl methyl sites for hydroxylation is 2. The predicted octanol–water partition coefficient (Wildman–Crippen LogP) is 2.59. The van der Waals surface area contributed by atoms with Crippen molar-refractivity contribution in [2.45, 2.75) is 32.1 Å². The molecular formula is C20H29N5. The fourth-order valence-corrected chi connectivity index (χ4v) is 3.47. The Bertz CT molecular complexity index is 701. The van der Waals surface area contributed by atoms with Gasteiger partial charge in [-0.3, -0.25) is 9.67 Å². The summed E-state index contributed by atoms with van der Waals surface area (Å²) in [5.74, 6) is 1.56. The molecule has 2 heterocycles. The molecule has 25 heavy (non-hydrogen) atoms. The molecule has 0 spiro atoms. The fourth-order valence-electron chi connectivity index (χ4n) is 3.47. The van der Waals surface area contributed by atoms with Gasteiger partial charge in [-0.1, -0.05) is 31.2 Å². The second kappa shape index (κ2) is 8.19. The van der Waals surface area contributed by atoms with Gasteiger partial charge in [-0.15, -0.1) is 0 Å². The zero-order valence-corrected chi connectivity index (χ0v) is 15.6. The smallest absolute Gasteiger partial charge is 0.193 e. The largest absolute Gasteiger partial charge is 0.356 e. The second-order valence-electron chi connectivity index (χ2n) is 6.77. The molecule has 0 aliphatic carbocycles. The van der Waals surface area contributed by atoms with Crippen LogP contribution in [-0.4, -0.2) is 47.3 Å². The highest BCUT2D eigenvalue weighted by Crippen LogP contribution is 2.26.